The molecule has 2 atom stereocenters. The van der Waals surface area contributed by atoms with Crippen molar-refractivity contribution in [2.45, 2.75) is 297 Å². The molecule has 0 bridgehead atoms. The molecule has 0 aromatic rings. The van der Waals surface area contributed by atoms with Gasteiger partial charge in [0.15, 0.2) is 0 Å². The highest BCUT2D eigenvalue weighted by Crippen LogP contribution is 2.58. The molecular formula is C48H97N. The van der Waals surface area contributed by atoms with Crippen LogP contribution in [0.4, 0.5) is 0 Å². The Balaban J connectivity index is 2.97. The molecule has 2 N–H and O–H groups in total. The summed E-state index contributed by atoms with van der Waals surface area (Å²) in [6.07, 6.45) is 57.0. The van der Waals surface area contributed by atoms with E-state index in [1.54, 1.807) is 0 Å². The Kier molecular flexibility index (Phi) is 30.2. The molecule has 0 spiro atoms. The van der Waals surface area contributed by atoms with Gasteiger partial charge in [0.1, 0.15) is 0 Å². The monoisotopic (exact) mass is 688 g/mol. The van der Waals surface area contributed by atoms with Crippen LogP contribution in [0.5, 0.6) is 0 Å². The van der Waals surface area contributed by atoms with Gasteiger partial charge in [-0.1, -0.05) is 247 Å². The van der Waals surface area contributed by atoms with Crippen LogP contribution < -0.4 is 5.73 Å². The number of hydrogen-bond donors (Lipinski definition) is 1. The Morgan fingerprint density at radius 1 is 0.286 bits per heavy atom. The van der Waals surface area contributed by atoms with Gasteiger partial charge in [-0.2, -0.15) is 0 Å². The Labute approximate surface area is 312 Å². The van der Waals surface area contributed by atoms with Crippen molar-refractivity contribution in [3.63, 3.8) is 0 Å². The minimum absolute atomic E-state index is 0.0664. The first-order valence-corrected chi connectivity index (χ1v) is 23.7. The minimum atomic E-state index is 0.0664. The second kappa shape index (κ2) is 31.5. The van der Waals surface area contributed by atoms with Crippen molar-refractivity contribution in [3.8, 4) is 0 Å². The normalized spacial score (nSPS) is 20.7. The van der Waals surface area contributed by atoms with Crippen LogP contribution in [0.25, 0.3) is 0 Å². The van der Waals surface area contributed by atoms with Crippen molar-refractivity contribution in [1.29, 1.82) is 0 Å². The molecule has 0 heterocycles. The van der Waals surface area contributed by atoms with Crippen LogP contribution in [-0.2, 0) is 0 Å². The largest absolute Gasteiger partial charge is 0.325 e. The smallest absolute Gasteiger partial charge is 0.0164 e. The van der Waals surface area contributed by atoms with Crippen molar-refractivity contribution in [1.82, 2.24) is 0 Å². The van der Waals surface area contributed by atoms with E-state index in [4.69, 9.17) is 5.73 Å². The van der Waals surface area contributed by atoms with Crippen LogP contribution in [0.15, 0.2) is 0 Å². The van der Waals surface area contributed by atoms with Crippen LogP contribution in [0.2, 0.25) is 0 Å². The topological polar surface area (TPSA) is 26.0 Å². The van der Waals surface area contributed by atoms with Gasteiger partial charge in [-0.3, -0.25) is 0 Å². The van der Waals surface area contributed by atoms with Gasteiger partial charge in [0.25, 0.3) is 0 Å². The molecule has 1 rings (SSSR count). The molecule has 0 radical (unpaired) electrons. The molecule has 1 saturated carbocycles. The van der Waals surface area contributed by atoms with Crippen LogP contribution in [0.1, 0.15) is 291 Å². The Hall–Kier alpha value is -0.0400. The van der Waals surface area contributed by atoms with Gasteiger partial charge in [0, 0.05) is 5.54 Å². The third kappa shape index (κ3) is 24.0. The van der Waals surface area contributed by atoms with Gasteiger partial charge >= 0.3 is 0 Å². The van der Waals surface area contributed by atoms with Crippen molar-refractivity contribution in [2.75, 3.05) is 0 Å². The van der Waals surface area contributed by atoms with Gasteiger partial charge < -0.3 is 5.73 Å². The third-order valence-electron chi connectivity index (χ3n) is 13.2. The van der Waals surface area contributed by atoms with E-state index in [1.165, 1.54) is 257 Å². The van der Waals surface area contributed by atoms with Crippen LogP contribution >= 0.6 is 0 Å². The molecule has 1 nitrogen and oxygen atoms in total. The predicted molar refractivity (Wildman–Crippen MR) is 225 cm³/mol. The predicted octanol–water partition coefficient (Wildman–Crippen LogP) is 17.4. The maximum Gasteiger partial charge on any atom is 0.0164 e. The summed E-state index contributed by atoms with van der Waals surface area (Å²) in [5.41, 5.74) is 8.80. The van der Waals surface area contributed by atoms with Crippen molar-refractivity contribution in [2.24, 2.45) is 16.6 Å². The average Bonchev–Trinajstić information content (AvgIpc) is 3.09. The summed E-state index contributed by atoms with van der Waals surface area (Å²) < 4.78 is 0. The standard InChI is InChI=1S/C48H97N/c1-6-11-15-19-23-27-31-35-39-46(10-5)43-47(40-36-32-28-24-20-16-12-7-2,41-37-33-29-25-21-17-13-8-3)45-48(49,44-46)42-38-34-30-26-22-18-14-9-4/h6-45,49H2,1-5H3. The number of nitrogens with two attached hydrogens (primary N) is 1. The molecule has 1 fully saturated rings. The summed E-state index contributed by atoms with van der Waals surface area (Å²) in [6.45, 7) is 11.9. The zero-order valence-electron chi connectivity index (χ0n) is 35.4. The zero-order chi connectivity index (χ0) is 35.8. The van der Waals surface area contributed by atoms with Gasteiger partial charge in [0.2, 0.25) is 0 Å². The summed E-state index contributed by atoms with van der Waals surface area (Å²) in [5, 5.41) is 0. The van der Waals surface area contributed by atoms with Gasteiger partial charge in [-0.15, -0.1) is 0 Å². The lowest BCUT2D eigenvalue weighted by molar-refractivity contribution is -0.0237. The van der Waals surface area contributed by atoms with Crippen molar-refractivity contribution < 1.29 is 0 Å². The summed E-state index contributed by atoms with van der Waals surface area (Å²) in [6, 6.07) is 0. The van der Waals surface area contributed by atoms with Crippen LogP contribution in [-0.4, -0.2) is 5.54 Å². The van der Waals surface area contributed by atoms with Crippen LogP contribution in [0.3, 0.4) is 0 Å². The van der Waals surface area contributed by atoms with E-state index in [0.717, 1.165) is 0 Å². The molecular weight excluding hydrogens is 591 g/mol. The van der Waals surface area contributed by atoms with Crippen molar-refractivity contribution >= 4 is 0 Å². The molecule has 1 aliphatic rings. The Morgan fingerprint density at radius 2 is 0.531 bits per heavy atom. The molecule has 0 amide bonds. The first kappa shape index (κ1) is 47.0. The fourth-order valence-corrected chi connectivity index (χ4v) is 10.2. The van der Waals surface area contributed by atoms with E-state index in [0.29, 0.717) is 10.8 Å². The van der Waals surface area contributed by atoms with Gasteiger partial charge in [-0.05, 0) is 55.8 Å². The highest BCUT2D eigenvalue weighted by molar-refractivity contribution is 5.05. The Morgan fingerprint density at radius 3 is 0.837 bits per heavy atom. The first-order valence-electron chi connectivity index (χ1n) is 23.7. The molecule has 1 aliphatic carbocycles. The minimum Gasteiger partial charge on any atom is -0.325 e. The SMILES string of the molecule is CCCCCCCCCCC1(N)CC(CC)(CCCCCCCCCC)CC(CCCCCCCCCC)(CCCCCCCCCC)C1. The number of rotatable bonds is 37. The maximum absolute atomic E-state index is 7.76. The summed E-state index contributed by atoms with van der Waals surface area (Å²) in [5.74, 6) is 0. The number of unbranched alkanes of at least 4 members (excludes halogenated alkanes) is 28. The lowest BCUT2D eigenvalue weighted by Gasteiger charge is -2.56. The zero-order valence-corrected chi connectivity index (χ0v) is 35.4. The second-order valence-corrected chi connectivity index (χ2v) is 18.1. The third-order valence-corrected chi connectivity index (χ3v) is 13.2. The van der Waals surface area contributed by atoms with Gasteiger partial charge in [0.05, 0.1) is 0 Å². The Bertz CT molecular complexity index is 665. The molecule has 0 aromatic heterocycles. The highest BCUT2D eigenvalue weighted by Gasteiger charge is 2.51. The van der Waals surface area contributed by atoms with Crippen LogP contribution in [0, 0.1) is 10.8 Å². The molecule has 2 unspecified atom stereocenters. The quantitative estimate of drug-likeness (QED) is 0.0646. The molecule has 1 heteroatoms. The summed E-state index contributed by atoms with van der Waals surface area (Å²) in [4.78, 5) is 0. The maximum atomic E-state index is 7.76. The van der Waals surface area contributed by atoms with E-state index in [-0.39, 0.29) is 5.54 Å². The lowest BCUT2D eigenvalue weighted by atomic mass is 9.51. The fourth-order valence-electron chi connectivity index (χ4n) is 10.2. The van der Waals surface area contributed by atoms with E-state index in [1.807, 2.05) is 0 Å². The molecule has 0 aromatic carbocycles. The van der Waals surface area contributed by atoms with E-state index in [9.17, 15) is 0 Å². The van der Waals surface area contributed by atoms with E-state index >= 15 is 0 Å². The van der Waals surface area contributed by atoms with Crippen molar-refractivity contribution in [3.05, 3.63) is 0 Å². The first-order chi connectivity index (χ1) is 23.9. The molecule has 294 valence electrons. The van der Waals surface area contributed by atoms with E-state index < -0.39 is 0 Å². The number of hydrogen-bond acceptors (Lipinski definition) is 1. The summed E-state index contributed by atoms with van der Waals surface area (Å²) in [7, 11) is 0. The molecule has 49 heavy (non-hydrogen) atoms. The van der Waals surface area contributed by atoms with Gasteiger partial charge in [-0.25, -0.2) is 0 Å². The fraction of sp³-hybridized carbons (Fsp3) is 1.00. The summed E-state index contributed by atoms with van der Waals surface area (Å²) >= 11 is 0. The molecule has 0 saturated heterocycles. The molecule has 0 aliphatic heterocycles. The average molecular weight is 688 g/mol. The lowest BCUT2D eigenvalue weighted by Crippen LogP contribution is -2.55. The second-order valence-electron chi connectivity index (χ2n) is 18.1. The highest BCUT2D eigenvalue weighted by atomic mass is 14.8. The van der Waals surface area contributed by atoms with E-state index in [2.05, 4.69) is 34.6 Å².